The molecule has 0 atom stereocenters. The van der Waals surface area contributed by atoms with Crippen LogP contribution in [0.25, 0.3) is 0 Å². The Hall–Kier alpha value is -1.17. The number of nitrogens with two attached hydrogens (primary N) is 1. The summed E-state index contributed by atoms with van der Waals surface area (Å²) in [6.45, 7) is 0. The van der Waals surface area contributed by atoms with E-state index in [1.165, 1.54) is 0 Å². The lowest BCUT2D eigenvalue weighted by atomic mass is 10.3. The van der Waals surface area contributed by atoms with Crippen LogP contribution in [0.15, 0.2) is 16.6 Å². The molecule has 64 valence electrons. The molecule has 1 aromatic carbocycles. The number of nitrogen functional groups attached to an aromatic ring is 1. The van der Waals surface area contributed by atoms with Crippen molar-refractivity contribution in [3.8, 4) is 0 Å². The Labute approximate surface area is 75.5 Å². The van der Waals surface area contributed by atoms with E-state index in [-0.39, 0.29) is 15.8 Å². The summed E-state index contributed by atoms with van der Waals surface area (Å²) in [6.07, 6.45) is 0. The van der Waals surface area contributed by atoms with E-state index in [0.29, 0.717) is 0 Å². The lowest BCUT2D eigenvalue weighted by molar-refractivity contribution is -0.385. The van der Waals surface area contributed by atoms with Gasteiger partial charge in [-0.2, -0.15) is 0 Å². The molecule has 0 fully saturated rings. The van der Waals surface area contributed by atoms with E-state index in [9.17, 15) is 14.5 Å². The minimum absolute atomic E-state index is 0.0826. The maximum Gasteiger partial charge on any atom is 0.285 e. The van der Waals surface area contributed by atoms with Crippen LogP contribution in [0, 0.1) is 15.9 Å². The van der Waals surface area contributed by atoms with Crippen LogP contribution in [0.3, 0.4) is 0 Å². The predicted molar refractivity (Wildman–Crippen MR) is 45.2 cm³/mol. The minimum Gasteiger partial charge on any atom is -0.396 e. The fourth-order valence-corrected chi connectivity index (χ4v) is 1.15. The lowest BCUT2D eigenvalue weighted by Gasteiger charge is -1.98. The Morgan fingerprint density at radius 3 is 2.67 bits per heavy atom. The molecule has 2 N–H and O–H groups in total. The molecule has 0 saturated heterocycles. The summed E-state index contributed by atoms with van der Waals surface area (Å²) in [5.41, 5.74) is 4.65. The SMILES string of the molecule is Nc1cc([N+](=O)[O-])c(Br)cc1F. The molecule has 0 bridgehead atoms. The van der Waals surface area contributed by atoms with E-state index in [4.69, 9.17) is 5.73 Å². The van der Waals surface area contributed by atoms with Gasteiger partial charge in [-0.1, -0.05) is 0 Å². The number of benzene rings is 1. The largest absolute Gasteiger partial charge is 0.396 e. The Kier molecular flexibility index (Phi) is 2.27. The highest BCUT2D eigenvalue weighted by Crippen LogP contribution is 2.28. The van der Waals surface area contributed by atoms with Gasteiger partial charge in [0.1, 0.15) is 5.82 Å². The number of nitrogens with zero attached hydrogens (tertiary/aromatic N) is 1. The minimum atomic E-state index is -0.674. The van der Waals surface area contributed by atoms with E-state index >= 15 is 0 Å². The third kappa shape index (κ3) is 1.53. The molecule has 0 spiro atoms. The van der Waals surface area contributed by atoms with Gasteiger partial charge >= 0.3 is 0 Å². The van der Waals surface area contributed by atoms with Gasteiger partial charge in [0.05, 0.1) is 15.1 Å². The van der Waals surface area contributed by atoms with Crippen molar-refractivity contribution in [2.45, 2.75) is 0 Å². The number of nitro groups is 1. The molecule has 0 aliphatic heterocycles. The van der Waals surface area contributed by atoms with Crippen molar-refractivity contribution >= 4 is 27.3 Å². The summed E-state index contributed by atoms with van der Waals surface area (Å²) in [7, 11) is 0. The smallest absolute Gasteiger partial charge is 0.285 e. The van der Waals surface area contributed by atoms with Gasteiger partial charge in [0, 0.05) is 6.07 Å². The summed E-state index contributed by atoms with van der Waals surface area (Å²) in [6, 6.07) is 1.94. The van der Waals surface area contributed by atoms with Crippen molar-refractivity contribution < 1.29 is 9.31 Å². The van der Waals surface area contributed by atoms with Gasteiger partial charge in [0.15, 0.2) is 0 Å². The Morgan fingerprint density at radius 2 is 2.17 bits per heavy atom. The maximum absolute atomic E-state index is 12.6. The first kappa shape index (κ1) is 8.92. The zero-order valence-corrected chi connectivity index (χ0v) is 7.34. The van der Waals surface area contributed by atoms with E-state index in [1.807, 2.05) is 0 Å². The highest BCUT2D eigenvalue weighted by Gasteiger charge is 2.14. The fraction of sp³-hybridized carbons (Fsp3) is 0. The molecular weight excluding hydrogens is 231 g/mol. The molecular formula is C6H4BrFN2O2. The second-order valence-electron chi connectivity index (χ2n) is 2.08. The van der Waals surface area contributed by atoms with E-state index in [1.54, 1.807) is 0 Å². The highest BCUT2D eigenvalue weighted by molar-refractivity contribution is 9.10. The number of nitro benzene ring substituents is 1. The lowest BCUT2D eigenvalue weighted by Crippen LogP contribution is -1.95. The molecule has 4 nitrogen and oxygen atoms in total. The van der Waals surface area contributed by atoms with Gasteiger partial charge in [0.2, 0.25) is 0 Å². The van der Waals surface area contributed by atoms with Gasteiger partial charge in [0.25, 0.3) is 5.69 Å². The molecule has 0 radical (unpaired) electrons. The average Bonchev–Trinajstić information content (AvgIpc) is 1.96. The molecule has 0 saturated carbocycles. The van der Waals surface area contributed by atoms with Crippen molar-refractivity contribution in [3.63, 3.8) is 0 Å². The molecule has 0 aromatic heterocycles. The van der Waals surface area contributed by atoms with Crippen LogP contribution in [-0.2, 0) is 0 Å². The molecule has 0 unspecified atom stereocenters. The highest BCUT2D eigenvalue weighted by atomic mass is 79.9. The van der Waals surface area contributed by atoms with Crippen molar-refractivity contribution in [2.75, 3.05) is 5.73 Å². The fourth-order valence-electron chi connectivity index (χ4n) is 0.694. The second kappa shape index (κ2) is 3.06. The first-order chi connectivity index (χ1) is 5.52. The molecule has 0 amide bonds. The quantitative estimate of drug-likeness (QED) is 0.460. The molecule has 0 aliphatic carbocycles. The van der Waals surface area contributed by atoms with Crippen molar-refractivity contribution in [1.29, 1.82) is 0 Å². The monoisotopic (exact) mass is 234 g/mol. The first-order valence-corrected chi connectivity index (χ1v) is 3.70. The molecule has 6 heteroatoms. The maximum atomic E-state index is 12.6. The summed E-state index contributed by atoms with van der Waals surface area (Å²) >= 11 is 2.84. The third-order valence-electron chi connectivity index (χ3n) is 1.26. The topological polar surface area (TPSA) is 69.2 Å². The Balaban J connectivity index is 3.33. The van der Waals surface area contributed by atoms with Crippen LogP contribution in [0.2, 0.25) is 0 Å². The Morgan fingerprint density at radius 1 is 1.58 bits per heavy atom. The van der Waals surface area contributed by atoms with Crippen LogP contribution in [-0.4, -0.2) is 4.92 Å². The predicted octanol–water partition coefficient (Wildman–Crippen LogP) is 2.08. The van der Waals surface area contributed by atoms with Gasteiger partial charge in [-0.3, -0.25) is 10.1 Å². The van der Waals surface area contributed by atoms with Gasteiger partial charge in [-0.15, -0.1) is 0 Å². The van der Waals surface area contributed by atoms with E-state index < -0.39 is 10.7 Å². The second-order valence-corrected chi connectivity index (χ2v) is 2.94. The number of rotatable bonds is 1. The summed E-state index contributed by atoms with van der Waals surface area (Å²) in [5.74, 6) is -0.674. The van der Waals surface area contributed by atoms with Crippen molar-refractivity contribution in [2.24, 2.45) is 0 Å². The summed E-state index contributed by atoms with van der Waals surface area (Å²) in [4.78, 5) is 9.64. The molecule has 12 heavy (non-hydrogen) atoms. The van der Waals surface area contributed by atoms with E-state index in [0.717, 1.165) is 12.1 Å². The first-order valence-electron chi connectivity index (χ1n) is 2.91. The van der Waals surface area contributed by atoms with Crippen LogP contribution >= 0.6 is 15.9 Å². The van der Waals surface area contributed by atoms with Crippen molar-refractivity contribution in [1.82, 2.24) is 0 Å². The van der Waals surface area contributed by atoms with Gasteiger partial charge in [-0.05, 0) is 22.0 Å². The van der Waals surface area contributed by atoms with Crippen molar-refractivity contribution in [3.05, 3.63) is 32.5 Å². The number of hydrogen-bond donors (Lipinski definition) is 1. The molecule has 1 rings (SSSR count). The van der Waals surface area contributed by atoms with Crippen LogP contribution < -0.4 is 5.73 Å². The zero-order valence-electron chi connectivity index (χ0n) is 5.75. The third-order valence-corrected chi connectivity index (χ3v) is 1.90. The Bertz CT molecular complexity index is 343. The van der Waals surface area contributed by atoms with Crippen LogP contribution in [0.1, 0.15) is 0 Å². The van der Waals surface area contributed by atoms with Gasteiger partial charge < -0.3 is 5.73 Å². The normalized spacial score (nSPS) is 9.83. The molecule has 0 heterocycles. The summed E-state index contributed by atoms with van der Waals surface area (Å²) < 4.78 is 12.7. The molecule has 0 aliphatic rings. The average molecular weight is 235 g/mol. The number of hydrogen-bond acceptors (Lipinski definition) is 3. The van der Waals surface area contributed by atoms with Crippen LogP contribution in [0.5, 0.6) is 0 Å². The van der Waals surface area contributed by atoms with Crippen LogP contribution in [0.4, 0.5) is 15.8 Å². The standard InChI is InChI=1S/C6H4BrFN2O2/c7-3-1-4(8)5(9)2-6(3)10(11)12/h1-2H,9H2. The summed E-state index contributed by atoms with van der Waals surface area (Å²) in [5, 5.41) is 10.3. The molecule has 1 aromatic rings. The number of halogens is 2. The zero-order chi connectivity index (χ0) is 9.30. The number of anilines is 1. The van der Waals surface area contributed by atoms with E-state index in [2.05, 4.69) is 15.9 Å². The van der Waals surface area contributed by atoms with Gasteiger partial charge in [-0.25, -0.2) is 4.39 Å².